The van der Waals surface area contributed by atoms with Crippen LogP contribution in [0.4, 0.5) is 5.69 Å². The van der Waals surface area contributed by atoms with E-state index in [4.69, 9.17) is 0 Å². The Morgan fingerprint density at radius 3 is 2.71 bits per heavy atom. The number of carbonyl (C=O) groups is 4. The minimum Gasteiger partial charge on any atom is -0.347 e. The molecule has 186 valence electrons. The number of benzene rings is 1. The molecule has 2 aromatic rings. The highest BCUT2D eigenvalue weighted by atomic mass is 16.2. The zero-order valence-electron chi connectivity index (χ0n) is 20.0. The number of amides is 4. The molecule has 4 atom stereocenters. The molecule has 3 heterocycles. The van der Waals surface area contributed by atoms with E-state index in [-0.39, 0.29) is 30.2 Å². The van der Waals surface area contributed by atoms with Crippen LogP contribution in [0.3, 0.4) is 0 Å². The number of rotatable bonds is 8. The van der Waals surface area contributed by atoms with Gasteiger partial charge in [0.1, 0.15) is 18.1 Å². The molecule has 1 aromatic heterocycles. The molecule has 0 radical (unpaired) electrons. The standard InChI is InChI=1S/C23H30N8O4/c1-4-12(2)19(25-13(3)32)22(34)26-16-9-8-14-6-5-7-15-10-17(31(20(14)15)23(16)35)21(33)24-11-18-27-29-30-28-18/h5-7,12,16-17,19H,4,8-11H2,1-3H3,(H,24,33)(H,25,32)(H,26,34)(H,27,28,29,30)/t12?,16-,17-,19-/m0/s1. The van der Waals surface area contributed by atoms with Crippen LogP contribution in [0.25, 0.3) is 0 Å². The van der Waals surface area contributed by atoms with Crippen LogP contribution < -0.4 is 20.9 Å². The smallest absolute Gasteiger partial charge is 0.250 e. The van der Waals surface area contributed by atoms with Gasteiger partial charge in [-0.15, -0.1) is 10.2 Å². The third-order valence-corrected chi connectivity index (χ3v) is 6.69. The van der Waals surface area contributed by atoms with E-state index in [1.807, 2.05) is 32.0 Å². The SMILES string of the molecule is CCC(C)[C@H](NC(C)=O)C(=O)N[C@H]1CCc2cccc3c2N(C1=O)[C@H](C(=O)NCc1nn[nH]n1)C3. The molecule has 2 aliphatic rings. The molecule has 0 saturated carbocycles. The van der Waals surface area contributed by atoms with E-state index in [9.17, 15) is 19.2 Å². The Morgan fingerprint density at radius 1 is 1.26 bits per heavy atom. The summed E-state index contributed by atoms with van der Waals surface area (Å²) in [7, 11) is 0. The first-order valence-electron chi connectivity index (χ1n) is 11.8. The van der Waals surface area contributed by atoms with Crippen LogP contribution in [0.1, 0.15) is 50.6 Å². The maximum absolute atomic E-state index is 13.7. The van der Waals surface area contributed by atoms with Gasteiger partial charge in [-0.05, 0) is 29.9 Å². The maximum atomic E-state index is 13.7. The summed E-state index contributed by atoms with van der Waals surface area (Å²) in [5.41, 5.74) is 2.62. The summed E-state index contributed by atoms with van der Waals surface area (Å²) in [6, 6.07) is 3.45. The van der Waals surface area contributed by atoms with E-state index >= 15 is 0 Å². The number of aryl methyl sites for hydroxylation is 1. The predicted octanol–water partition coefficient (Wildman–Crippen LogP) is -0.244. The molecule has 0 saturated heterocycles. The number of nitrogens with zero attached hydrogens (tertiary/aromatic N) is 4. The average molecular weight is 483 g/mol. The van der Waals surface area contributed by atoms with E-state index < -0.39 is 24.0 Å². The lowest BCUT2D eigenvalue weighted by atomic mass is 9.97. The first kappa shape index (κ1) is 24.3. The summed E-state index contributed by atoms with van der Waals surface area (Å²) in [4.78, 5) is 53.2. The predicted molar refractivity (Wildman–Crippen MR) is 125 cm³/mol. The molecule has 35 heavy (non-hydrogen) atoms. The lowest BCUT2D eigenvalue weighted by Crippen LogP contribution is -2.58. The van der Waals surface area contributed by atoms with Gasteiger partial charge in [-0.3, -0.25) is 24.1 Å². The van der Waals surface area contributed by atoms with Gasteiger partial charge in [-0.1, -0.05) is 43.7 Å². The molecule has 0 spiro atoms. The number of anilines is 1. The first-order valence-corrected chi connectivity index (χ1v) is 11.8. The highest BCUT2D eigenvalue weighted by molar-refractivity contribution is 6.08. The molecule has 4 N–H and O–H groups in total. The fourth-order valence-electron chi connectivity index (χ4n) is 4.70. The van der Waals surface area contributed by atoms with Crippen molar-refractivity contribution in [3.05, 3.63) is 35.2 Å². The van der Waals surface area contributed by atoms with Gasteiger partial charge in [-0.2, -0.15) is 5.21 Å². The van der Waals surface area contributed by atoms with Gasteiger partial charge in [0.25, 0.3) is 0 Å². The van der Waals surface area contributed by atoms with Crippen LogP contribution in [-0.4, -0.2) is 62.4 Å². The normalized spacial score (nSPS) is 20.4. The van der Waals surface area contributed by atoms with Crippen molar-refractivity contribution in [2.24, 2.45) is 5.92 Å². The van der Waals surface area contributed by atoms with Gasteiger partial charge in [-0.25, -0.2) is 0 Å². The summed E-state index contributed by atoms with van der Waals surface area (Å²) in [6.45, 7) is 5.25. The van der Waals surface area contributed by atoms with Gasteiger partial charge in [0.05, 0.1) is 12.2 Å². The Bertz CT molecular complexity index is 1120. The van der Waals surface area contributed by atoms with Crippen molar-refractivity contribution in [2.45, 2.75) is 71.1 Å². The first-order chi connectivity index (χ1) is 16.8. The molecule has 12 heteroatoms. The van der Waals surface area contributed by atoms with E-state index in [1.165, 1.54) is 11.8 Å². The lowest BCUT2D eigenvalue weighted by Gasteiger charge is -2.29. The van der Waals surface area contributed by atoms with Crippen LogP contribution in [-0.2, 0) is 38.6 Å². The fraction of sp³-hybridized carbons (Fsp3) is 0.522. The summed E-state index contributed by atoms with van der Waals surface area (Å²) in [6.07, 6.45) is 2.01. The molecule has 1 unspecified atom stereocenters. The van der Waals surface area contributed by atoms with Crippen molar-refractivity contribution in [2.75, 3.05) is 4.90 Å². The monoisotopic (exact) mass is 482 g/mol. The van der Waals surface area contributed by atoms with Crippen molar-refractivity contribution < 1.29 is 19.2 Å². The van der Waals surface area contributed by atoms with Crippen LogP contribution in [0, 0.1) is 5.92 Å². The Labute approximate surface area is 202 Å². The second-order valence-electron chi connectivity index (χ2n) is 9.06. The van der Waals surface area contributed by atoms with Crippen molar-refractivity contribution in [3.63, 3.8) is 0 Å². The highest BCUT2D eigenvalue weighted by Crippen LogP contribution is 2.39. The number of hydrogen-bond acceptors (Lipinski definition) is 7. The molecule has 12 nitrogen and oxygen atoms in total. The average Bonchev–Trinajstić information content (AvgIpc) is 3.47. The molecular weight excluding hydrogens is 452 g/mol. The lowest BCUT2D eigenvalue weighted by molar-refractivity contribution is -0.132. The van der Waals surface area contributed by atoms with Crippen LogP contribution in [0.2, 0.25) is 0 Å². The number of aromatic nitrogens is 4. The van der Waals surface area contributed by atoms with Gasteiger partial charge in [0.15, 0.2) is 5.82 Å². The molecule has 0 fully saturated rings. The summed E-state index contributed by atoms with van der Waals surface area (Å²) < 4.78 is 0. The molecule has 0 aliphatic carbocycles. The van der Waals surface area contributed by atoms with Crippen molar-refractivity contribution in [3.8, 4) is 0 Å². The molecule has 4 amide bonds. The van der Waals surface area contributed by atoms with Gasteiger partial charge in [0, 0.05) is 13.3 Å². The van der Waals surface area contributed by atoms with Crippen molar-refractivity contribution in [1.82, 2.24) is 36.6 Å². The number of nitrogens with one attached hydrogen (secondary N) is 4. The maximum Gasteiger partial charge on any atom is 0.250 e. The summed E-state index contributed by atoms with van der Waals surface area (Å²) >= 11 is 0. The van der Waals surface area contributed by atoms with Gasteiger partial charge in [0.2, 0.25) is 23.6 Å². The highest BCUT2D eigenvalue weighted by Gasteiger charge is 2.44. The topological polar surface area (TPSA) is 162 Å². The Kier molecular flexibility index (Phi) is 7.08. The number of hydrogen-bond donors (Lipinski definition) is 4. The number of tetrazole rings is 1. The fourth-order valence-corrected chi connectivity index (χ4v) is 4.70. The van der Waals surface area contributed by atoms with E-state index in [2.05, 4.69) is 36.6 Å². The number of H-pyrrole nitrogens is 1. The number of carbonyl (C=O) groups excluding carboxylic acids is 4. The minimum atomic E-state index is -0.825. The molecular formula is C23H30N8O4. The Balaban J connectivity index is 1.56. The van der Waals surface area contributed by atoms with E-state index in [0.29, 0.717) is 31.5 Å². The summed E-state index contributed by atoms with van der Waals surface area (Å²) in [5.74, 6) is -1.18. The molecule has 0 bridgehead atoms. The summed E-state index contributed by atoms with van der Waals surface area (Å²) in [5, 5.41) is 21.8. The third-order valence-electron chi connectivity index (χ3n) is 6.69. The van der Waals surface area contributed by atoms with Crippen LogP contribution in [0.15, 0.2) is 18.2 Å². The number of para-hydroxylation sites is 1. The molecule has 4 rings (SSSR count). The zero-order chi connectivity index (χ0) is 25.1. The molecule has 2 aliphatic heterocycles. The van der Waals surface area contributed by atoms with E-state index in [1.54, 1.807) is 0 Å². The van der Waals surface area contributed by atoms with Crippen molar-refractivity contribution >= 4 is 29.3 Å². The third kappa shape index (κ3) is 5.00. The van der Waals surface area contributed by atoms with Crippen LogP contribution >= 0.6 is 0 Å². The zero-order valence-corrected chi connectivity index (χ0v) is 20.0. The largest absolute Gasteiger partial charge is 0.347 e. The molecule has 1 aromatic carbocycles. The van der Waals surface area contributed by atoms with Gasteiger partial charge >= 0.3 is 0 Å². The van der Waals surface area contributed by atoms with Gasteiger partial charge < -0.3 is 16.0 Å². The number of aromatic amines is 1. The van der Waals surface area contributed by atoms with E-state index in [0.717, 1.165) is 16.8 Å². The van der Waals surface area contributed by atoms with Crippen molar-refractivity contribution in [1.29, 1.82) is 0 Å². The quantitative estimate of drug-likeness (QED) is 0.403. The second-order valence-corrected chi connectivity index (χ2v) is 9.06. The Morgan fingerprint density at radius 2 is 2.03 bits per heavy atom. The Hall–Kier alpha value is -3.83. The second kappa shape index (κ2) is 10.2. The minimum absolute atomic E-state index is 0.0739. The van der Waals surface area contributed by atoms with Crippen LogP contribution in [0.5, 0.6) is 0 Å².